The van der Waals surface area contributed by atoms with Crippen molar-refractivity contribution in [2.45, 2.75) is 59.0 Å². The van der Waals surface area contributed by atoms with E-state index in [1.54, 1.807) is 0 Å². The molecule has 3 unspecified atom stereocenters. The van der Waals surface area contributed by atoms with Gasteiger partial charge in [0.05, 0.1) is 0 Å². The summed E-state index contributed by atoms with van der Waals surface area (Å²) >= 11 is 0. The summed E-state index contributed by atoms with van der Waals surface area (Å²) < 4.78 is 0. The first kappa shape index (κ1) is 10.0. The van der Waals surface area contributed by atoms with E-state index in [2.05, 4.69) is 32.6 Å². The first-order chi connectivity index (χ1) is 5.65. The molecule has 1 aliphatic heterocycles. The summed E-state index contributed by atoms with van der Waals surface area (Å²) in [5.74, 6) is 0.916. The van der Waals surface area contributed by atoms with E-state index in [0.29, 0.717) is 0 Å². The van der Waals surface area contributed by atoms with Crippen LogP contribution in [0.2, 0.25) is 0 Å². The van der Waals surface area contributed by atoms with Crippen molar-refractivity contribution in [2.75, 3.05) is 6.54 Å². The van der Waals surface area contributed by atoms with Gasteiger partial charge in [0.15, 0.2) is 0 Å². The van der Waals surface area contributed by atoms with Crippen molar-refractivity contribution in [3.63, 3.8) is 0 Å². The van der Waals surface area contributed by atoms with Crippen LogP contribution >= 0.6 is 0 Å². The molecule has 0 spiro atoms. The highest BCUT2D eigenvalue weighted by Crippen LogP contribution is 2.25. The van der Waals surface area contributed by atoms with Gasteiger partial charge in [-0.2, -0.15) is 0 Å². The van der Waals surface area contributed by atoms with Gasteiger partial charge in [-0.05, 0) is 32.6 Å². The number of hydrogen-bond acceptors (Lipinski definition) is 1. The third-order valence-corrected chi connectivity index (χ3v) is 3.10. The van der Waals surface area contributed by atoms with Crippen molar-refractivity contribution >= 4 is 0 Å². The summed E-state index contributed by atoms with van der Waals surface area (Å²) in [6.45, 7) is 10.7. The molecule has 3 atom stereocenters. The Morgan fingerprint density at radius 3 is 2.50 bits per heavy atom. The van der Waals surface area contributed by atoms with Crippen molar-refractivity contribution in [1.82, 2.24) is 4.90 Å². The van der Waals surface area contributed by atoms with E-state index in [1.165, 1.54) is 25.8 Å². The van der Waals surface area contributed by atoms with Gasteiger partial charge >= 0.3 is 0 Å². The molecule has 0 aromatic heterocycles. The lowest BCUT2D eigenvalue weighted by Gasteiger charge is -2.28. The average Bonchev–Trinajstić information content (AvgIpc) is 2.30. The maximum absolute atomic E-state index is 2.67. The monoisotopic (exact) mass is 169 g/mol. The lowest BCUT2D eigenvalue weighted by molar-refractivity contribution is 0.189. The van der Waals surface area contributed by atoms with Crippen LogP contribution in [0.1, 0.15) is 47.0 Å². The first-order valence-corrected chi connectivity index (χ1v) is 5.40. The molecule has 0 aromatic rings. The molecule has 1 heteroatoms. The second-order valence-electron chi connectivity index (χ2n) is 4.52. The zero-order valence-corrected chi connectivity index (χ0v) is 9.01. The Morgan fingerprint density at radius 1 is 1.42 bits per heavy atom. The third-order valence-electron chi connectivity index (χ3n) is 3.10. The molecule has 72 valence electrons. The summed E-state index contributed by atoms with van der Waals surface area (Å²) in [6.07, 6.45) is 4.07. The van der Waals surface area contributed by atoms with Gasteiger partial charge in [0.25, 0.3) is 0 Å². The van der Waals surface area contributed by atoms with Gasteiger partial charge in [-0.15, -0.1) is 0 Å². The Hall–Kier alpha value is -0.0400. The summed E-state index contributed by atoms with van der Waals surface area (Å²) in [7, 11) is 0. The van der Waals surface area contributed by atoms with E-state index in [4.69, 9.17) is 0 Å². The van der Waals surface area contributed by atoms with E-state index >= 15 is 0 Å². The van der Waals surface area contributed by atoms with E-state index in [1.807, 2.05) is 0 Å². The van der Waals surface area contributed by atoms with Crippen LogP contribution in [0.25, 0.3) is 0 Å². The summed E-state index contributed by atoms with van der Waals surface area (Å²) in [5, 5.41) is 0. The minimum atomic E-state index is 0.801. The molecule has 0 aromatic carbocycles. The number of likely N-dealkylation sites (tertiary alicyclic amines) is 1. The largest absolute Gasteiger partial charge is 0.298 e. The summed E-state index contributed by atoms with van der Waals surface area (Å²) in [5.41, 5.74) is 0. The Balaban J connectivity index is 2.40. The van der Waals surface area contributed by atoms with E-state index in [0.717, 1.165) is 18.0 Å². The maximum atomic E-state index is 2.67. The van der Waals surface area contributed by atoms with Crippen LogP contribution in [0.3, 0.4) is 0 Å². The molecule has 1 nitrogen and oxygen atoms in total. The van der Waals surface area contributed by atoms with Gasteiger partial charge in [0, 0.05) is 18.6 Å². The highest BCUT2D eigenvalue weighted by atomic mass is 15.2. The normalized spacial score (nSPS) is 34.0. The Labute approximate surface area is 77.1 Å². The van der Waals surface area contributed by atoms with Crippen LogP contribution < -0.4 is 0 Å². The molecule has 0 saturated carbocycles. The molecule has 0 aliphatic carbocycles. The second-order valence-corrected chi connectivity index (χ2v) is 4.52. The SMILES string of the molecule is CCCC(C)N1CC(C)CC1C. The maximum Gasteiger partial charge on any atom is 0.00728 e. The van der Waals surface area contributed by atoms with Gasteiger partial charge < -0.3 is 0 Å². The minimum absolute atomic E-state index is 0.801. The lowest BCUT2D eigenvalue weighted by atomic mass is 10.1. The molecule has 1 rings (SSSR count). The topological polar surface area (TPSA) is 3.24 Å². The van der Waals surface area contributed by atoms with Crippen LogP contribution in [0.15, 0.2) is 0 Å². The fourth-order valence-electron chi connectivity index (χ4n) is 2.53. The van der Waals surface area contributed by atoms with Crippen molar-refractivity contribution in [2.24, 2.45) is 5.92 Å². The molecule has 12 heavy (non-hydrogen) atoms. The van der Waals surface area contributed by atoms with Gasteiger partial charge in [0.2, 0.25) is 0 Å². The average molecular weight is 169 g/mol. The van der Waals surface area contributed by atoms with Crippen molar-refractivity contribution in [3.05, 3.63) is 0 Å². The number of rotatable bonds is 3. The zero-order chi connectivity index (χ0) is 9.14. The molecule has 1 fully saturated rings. The molecular formula is C11H23N. The predicted molar refractivity (Wildman–Crippen MR) is 54.3 cm³/mol. The molecule has 1 aliphatic rings. The molecule has 0 bridgehead atoms. The molecule has 1 saturated heterocycles. The highest BCUT2D eigenvalue weighted by molar-refractivity contribution is 4.83. The van der Waals surface area contributed by atoms with Crippen LogP contribution in [0.4, 0.5) is 0 Å². The second kappa shape index (κ2) is 4.27. The van der Waals surface area contributed by atoms with Crippen LogP contribution in [-0.2, 0) is 0 Å². The highest BCUT2D eigenvalue weighted by Gasteiger charge is 2.28. The first-order valence-electron chi connectivity index (χ1n) is 5.40. The Bertz CT molecular complexity index is 133. The smallest absolute Gasteiger partial charge is 0.00728 e. The van der Waals surface area contributed by atoms with Crippen molar-refractivity contribution in [1.29, 1.82) is 0 Å². The summed E-state index contributed by atoms with van der Waals surface area (Å²) in [6, 6.07) is 1.62. The quantitative estimate of drug-likeness (QED) is 0.628. The van der Waals surface area contributed by atoms with E-state index in [9.17, 15) is 0 Å². The lowest BCUT2D eigenvalue weighted by Crippen LogP contribution is -2.35. The van der Waals surface area contributed by atoms with Crippen molar-refractivity contribution < 1.29 is 0 Å². The molecular weight excluding hydrogens is 146 g/mol. The zero-order valence-electron chi connectivity index (χ0n) is 9.01. The van der Waals surface area contributed by atoms with E-state index < -0.39 is 0 Å². The Morgan fingerprint density at radius 2 is 2.08 bits per heavy atom. The van der Waals surface area contributed by atoms with Gasteiger partial charge in [-0.1, -0.05) is 20.3 Å². The van der Waals surface area contributed by atoms with Crippen LogP contribution in [0, 0.1) is 5.92 Å². The number of nitrogens with zero attached hydrogens (tertiary/aromatic N) is 1. The third kappa shape index (κ3) is 2.22. The molecule has 0 radical (unpaired) electrons. The fourth-order valence-corrected chi connectivity index (χ4v) is 2.53. The molecule has 0 N–H and O–H groups in total. The molecule has 0 amide bonds. The minimum Gasteiger partial charge on any atom is -0.298 e. The fraction of sp³-hybridized carbons (Fsp3) is 1.00. The molecule has 1 heterocycles. The van der Waals surface area contributed by atoms with Gasteiger partial charge in [-0.3, -0.25) is 4.90 Å². The Kier molecular flexibility index (Phi) is 3.57. The van der Waals surface area contributed by atoms with Crippen molar-refractivity contribution in [3.8, 4) is 0 Å². The van der Waals surface area contributed by atoms with Crippen LogP contribution in [0.5, 0.6) is 0 Å². The van der Waals surface area contributed by atoms with Gasteiger partial charge in [0.1, 0.15) is 0 Å². The van der Waals surface area contributed by atoms with Crippen LogP contribution in [-0.4, -0.2) is 23.5 Å². The van der Waals surface area contributed by atoms with E-state index in [-0.39, 0.29) is 0 Å². The predicted octanol–water partition coefficient (Wildman–Crippen LogP) is 2.91. The number of hydrogen-bond donors (Lipinski definition) is 0. The van der Waals surface area contributed by atoms with Gasteiger partial charge in [-0.25, -0.2) is 0 Å². The standard InChI is InChI=1S/C11H23N/c1-5-6-10(3)12-8-9(2)7-11(12)4/h9-11H,5-8H2,1-4H3. The summed E-state index contributed by atoms with van der Waals surface area (Å²) in [4.78, 5) is 2.67.